The highest BCUT2D eigenvalue weighted by Gasteiger charge is 2.40. The molecule has 1 saturated heterocycles. The molecule has 0 bridgehead atoms. The van der Waals surface area contributed by atoms with Gasteiger partial charge in [-0.15, -0.1) is 0 Å². The van der Waals surface area contributed by atoms with Crippen molar-refractivity contribution in [2.45, 2.75) is 56.5 Å². The molecule has 1 atom stereocenters. The zero-order valence-electron chi connectivity index (χ0n) is 15.4. The van der Waals surface area contributed by atoms with Crippen molar-refractivity contribution in [1.29, 1.82) is 0 Å². The predicted molar refractivity (Wildman–Crippen MR) is 100 cm³/mol. The molecule has 3 aliphatic rings. The summed E-state index contributed by atoms with van der Waals surface area (Å²) in [6, 6.07) is 10.7. The van der Waals surface area contributed by atoms with Crippen LogP contribution in [0.5, 0.6) is 0 Å². The highest BCUT2D eigenvalue weighted by Crippen LogP contribution is 2.41. The fourth-order valence-corrected chi connectivity index (χ4v) is 4.24. The number of hydrogen-bond acceptors (Lipinski definition) is 3. The number of carbonyl (C=O) groups is 2. The average Bonchev–Trinajstić information content (AvgIpc) is 3.43. The standard InChI is InChI=1S/C21H29N3O2/c25-19(23-21(11-5-12-21)17-7-2-1-3-8-17)15-24-13-4-6-16(14-24)20(26)22-18-9-10-18/h1-3,7-8,16,18H,4-6,9-15H2,(H,22,26)(H,23,25)/t16-/m0/s1. The van der Waals surface area contributed by atoms with Crippen LogP contribution < -0.4 is 10.6 Å². The topological polar surface area (TPSA) is 61.4 Å². The Morgan fingerprint density at radius 1 is 1.08 bits per heavy atom. The van der Waals surface area contributed by atoms with E-state index in [1.165, 1.54) is 5.56 Å². The van der Waals surface area contributed by atoms with E-state index >= 15 is 0 Å². The molecule has 0 spiro atoms. The third-order valence-corrected chi connectivity index (χ3v) is 6.08. The lowest BCUT2D eigenvalue weighted by Gasteiger charge is -2.43. The first-order valence-electron chi connectivity index (χ1n) is 10.0. The van der Waals surface area contributed by atoms with E-state index in [0.29, 0.717) is 19.1 Å². The molecule has 1 aromatic carbocycles. The lowest BCUT2D eigenvalue weighted by atomic mass is 9.72. The molecule has 1 heterocycles. The zero-order chi connectivity index (χ0) is 18.0. The molecular weight excluding hydrogens is 326 g/mol. The van der Waals surface area contributed by atoms with Crippen molar-refractivity contribution in [1.82, 2.24) is 15.5 Å². The highest BCUT2D eigenvalue weighted by molar-refractivity contribution is 5.81. The predicted octanol–water partition coefficient (Wildman–Crippen LogP) is 2.17. The molecule has 5 heteroatoms. The molecule has 26 heavy (non-hydrogen) atoms. The van der Waals surface area contributed by atoms with Gasteiger partial charge < -0.3 is 10.6 Å². The second kappa shape index (κ2) is 7.39. The molecule has 3 fully saturated rings. The number of nitrogens with one attached hydrogen (secondary N) is 2. The van der Waals surface area contributed by atoms with Gasteiger partial charge in [0.1, 0.15) is 0 Å². The largest absolute Gasteiger partial charge is 0.353 e. The van der Waals surface area contributed by atoms with Crippen LogP contribution in [0.2, 0.25) is 0 Å². The Bertz CT molecular complexity index is 652. The fourth-order valence-electron chi connectivity index (χ4n) is 4.24. The van der Waals surface area contributed by atoms with Crippen molar-refractivity contribution in [3.05, 3.63) is 35.9 Å². The van der Waals surface area contributed by atoms with Crippen molar-refractivity contribution in [2.24, 2.45) is 5.92 Å². The van der Waals surface area contributed by atoms with E-state index in [4.69, 9.17) is 0 Å². The van der Waals surface area contributed by atoms with Crippen molar-refractivity contribution >= 4 is 11.8 Å². The first-order valence-corrected chi connectivity index (χ1v) is 10.0. The second-order valence-corrected chi connectivity index (χ2v) is 8.21. The summed E-state index contributed by atoms with van der Waals surface area (Å²) < 4.78 is 0. The number of rotatable bonds is 6. The van der Waals surface area contributed by atoms with Gasteiger partial charge in [0.15, 0.2) is 0 Å². The van der Waals surface area contributed by atoms with Crippen LogP contribution in [0.25, 0.3) is 0 Å². The van der Waals surface area contributed by atoms with Gasteiger partial charge >= 0.3 is 0 Å². The van der Waals surface area contributed by atoms with E-state index in [1.54, 1.807) is 0 Å². The minimum absolute atomic E-state index is 0.0314. The number of piperidine rings is 1. The van der Waals surface area contributed by atoms with Crippen LogP contribution in [0.1, 0.15) is 50.5 Å². The third-order valence-electron chi connectivity index (χ3n) is 6.08. The Morgan fingerprint density at radius 3 is 2.50 bits per heavy atom. The lowest BCUT2D eigenvalue weighted by molar-refractivity contribution is -0.130. The normalized spacial score (nSPS) is 25.2. The molecule has 0 radical (unpaired) electrons. The van der Waals surface area contributed by atoms with Crippen molar-refractivity contribution in [2.75, 3.05) is 19.6 Å². The van der Waals surface area contributed by atoms with Crippen molar-refractivity contribution < 1.29 is 9.59 Å². The monoisotopic (exact) mass is 355 g/mol. The molecular formula is C21H29N3O2. The summed E-state index contributed by atoms with van der Waals surface area (Å²) in [6.45, 7) is 1.99. The lowest BCUT2D eigenvalue weighted by Crippen LogP contribution is -2.54. The molecule has 2 amide bonds. The molecule has 2 N–H and O–H groups in total. The van der Waals surface area contributed by atoms with Gasteiger partial charge in [-0.3, -0.25) is 14.5 Å². The molecule has 4 rings (SSSR count). The van der Waals surface area contributed by atoms with E-state index in [1.807, 2.05) is 18.2 Å². The summed E-state index contributed by atoms with van der Waals surface area (Å²) in [7, 11) is 0. The zero-order valence-corrected chi connectivity index (χ0v) is 15.4. The first kappa shape index (κ1) is 17.5. The first-order chi connectivity index (χ1) is 12.6. The maximum Gasteiger partial charge on any atom is 0.234 e. The van der Waals surface area contributed by atoms with Crippen LogP contribution in [0, 0.1) is 5.92 Å². The summed E-state index contributed by atoms with van der Waals surface area (Å²) in [4.78, 5) is 27.2. The van der Waals surface area contributed by atoms with Crippen LogP contribution in [0.15, 0.2) is 30.3 Å². The SMILES string of the molecule is O=C(CN1CCC[C@H](C(=O)NC2CC2)C1)NC1(c2ccccc2)CCC1. The molecule has 1 aromatic rings. The van der Waals surface area contributed by atoms with Gasteiger partial charge in [0.25, 0.3) is 0 Å². The molecule has 0 unspecified atom stereocenters. The average molecular weight is 355 g/mol. The minimum atomic E-state index is -0.184. The number of benzene rings is 1. The molecule has 5 nitrogen and oxygen atoms in total. The summed E-state index contributed by atoms with van der Waals surface area (Å²) in [5, 5.41) is 6.41. The van der Waals surface area contributed by atoms with Crippen LogP contribution in [0.4, 0.5) is 0 Å². The third kappa shape index (κ3) is 3.93. The summed E-state index contributed by atoms with van der Waals surface area (Å²) >= 11 is 0. The Kier molecular flexibility index (Phi) is 4.98. The van der Waals surface area contributed by atoms with E-state index in [0.717, 1.165) is 51.5 Å². The summed E-state index contributed by atoms with van der Waals surface area (Å²) in [6.07, 6.45) is 7.33. The Balaban J connectivity index is 1.32. The highest BCUT2D eigenvalue weighted by atomic mass is 16.2. The van der Waals surface area contributed by atoms with Gasteiger partial charge in [-0.2, -0.15) is 0 Å². The van der Waals surface area contributed by atoms with Gasteiger partial charge in [0, 0.05) is 12.6 Å². The van der Waals surface area contributed by atoms with E-state index in [-0.39, 0.29) is 23.3 Å². The smallest absolute Gasteiger partial charge is 0.234 e. The van der Waals surface area contributed by atoms with Gasteiger partial charge in [-0.05, 0) is 57.1 Å². The molecule has 2 aliphatic carbocycles. The van der Waals surface area contributed by atoms with Crippen LogP contribution in [0.3, 0.4) is 0 Å². The van der Waals surface area contributed by atoms with Crippen LogP contribution in [-0.4, -0.2) is 42.4 Å². The molecule has 1 aliphatic heterocycles. The summed E-state index contributed by atoms with van der Waals surface area (Å²) in [5.74, 6) is 0.290. The number of nitrogens with zero attached hydrogens (tertiary/aromatic N) is 1. The Morgan fingerprint density at radius 2 is 1.85 bits per heavy atom. The quantitative estimate of drug-likeness (QED) is 0.822. The Labute approximate surface area is 155 Å². The van der Waals surface area contributed by atoms with Gasteiger partial charge in [0.2, 0.25) is 11.8 Å². The van der Waals surface area contributed by atoms with E-state index in [9.17, 15) is 9.59 Å². The number of likely N-dealkylation sites (tertiary alicyclic amines) is 1. The van der Waals surface area contributed by atoms with Gasteiger partial charge in [-0.25, -0.2) is 0 Å². The van der Waals surface area contributed by atoms with E-state index in [2.05, 4.69) is 27.7 Å². The van der Waals surface area contributed by atoms with Gasteiger partial charge in [-0.1, -0.05) is 30.3 Å². The minimum Gasteiger partial charge on any atom is -0.353 e. The van der Waals surface area contributed by atoms with Crippen molar-refractivity contribution in [3.63, 3.8) is 0 Å². The van der Waals surface area contributed by atoms with Crippen LogP contribution in [-0.2, 0) is 15.1 Å². The molecule has 0 aromatic heterocycles. The number of hydrogen-bond donors (Lipinski definition) is 2. The van der Waals surface area contributed by atoms with Crippen LogP contribution >= 0.6 is 0 Å². The summed E-state index contributed by atoms with van der Waals surface area (Å²) in [5.41, 5.74) is 1.02. The fraction of sp³-hybridized carbons (Fsp3) is 0.619. The Hall–Kier alpha value is -1.88. The van der Waals surface area contributed by atoms with Gasteiger partial charge in [0.05, 0.1) is 18.0 Å². The number of amides is 2. The second-order valence-electron chi connectivity index (χ2n) is 8.21. The van der Waals surface area contributed by atoms with E-state index < -0.39 is 0 Å². The maximum absolute atomic E-state index is 12.7. The number of carbonyl (C=O) groups excluding carboxylic acids is 2. The maximum atomic E-state index is 12.7. The molecule has 140 valence electrons. The molecule has 2 saturated carbocycles. The van der Waals surface area contributed by atoms with Crippen molar-refractivity contribution in [3.8, 4) is 0 Å².